The van der Waals surface area contributed by atoms with Gasteiger partial charge in [0.25, 0.3) is 0 Å². The number of piperazine rings is 1. The molecular formula is C16H18BrN5O. The Kier molecular flexibility index (Phi) is 4.76. The minimum Gasteiger partial charge on any atom is -0.342 e. The summed E-state index contributed by atoms with van der Waals surface area (Å²) in [7, 11) is 0. The maximum Gasteiger partial charge on any atom is 0.227 e. The van der Waals surface area contributed by atoms with Crippen molar-refractivity contribution >= 4 is 39.8 Å². The fourth-order valence-corrected chi connectivity index (χ4v) is 2.98. The van der Waals surface area contributed by atoms with Crippen LogP contribution in [0, 0.1) is 6.92 Å². The van der Waals surface area contributed by atoms with E-state index in [1.54, 1.807) is 11.1 Å². The second kappa shape index (κ2) is 6.95. The molecule has 3 rings (SSSR count). The molecule has 0 aliphatic carbocycles. The van der Waals surface area contributed by atoms with Crippen LogP contribution in [0.4, 0.5) is 17.5 Å². The molecule has 0 bridgehead atoms. The average molecular weight is 376 g/mol. The van der Waals surface area contributed by atoms with Crippen LogP contribution in [0.15, 0.2) is 34.9 Å². The van der Waals surface area contributed by atoms with E-state index in [0.29, 0.717) is 19.0 Å². The van der Waals surface area contributed by atoms with Crippen LogP contribution in [-0.4, -0.2) is 47.5 Å². The van der Waals surface area contributed by atoms with Gasteiger partial charge in [-0.15, -0.1) is 0 Å². The average Bonchev–Trinajstić information content (AvgIpc) is 2.58. The van der Waals surface area contributed by atoms with Gasteiger partial charge in [0.15, 0.2) is 0 Å². The van der Waals surface area contributed by atoms with Crippen LogP contribution in [0.5, 0.6) is 0 Å². The Labute approximate surface area is 143 Å². The van der Waals surface area contributed by atoms with Gasteiger partial charge in [0.2, 0.25) is 12.4 Å². The number of anilines is 3. The number of hydrogen-bond donors (Lipinski definition) is 1. The third-order valence-corrected chi connectivity index (χ3v) is 4.33. The summed E-state index contributed by atoms with van der Waals surface area (Å²) >= 11 is 3.47. The fourth-order valence-electron chi connectivity index (χ4n) is 2.50. The van der Waals surface area contributed by atoms with Crippen molar-refractivity contribution < 1.29 is 4.79 Å². The molecule has 120 valence electrons. The molecule has 0 saturated carbocycles. The molecule has 2 aromatic rings. The first kappa shape index (κ1) is 15.7. The van der Waals surface area contributed by atoms with Gasteiger partial charge in [0.05, 0.1) is 0 Å². The van der Waals surface area contributed by atoms with Crippen molar-refractivity contribution in [2.75, 3.05) is 36.4 Å². The van der Waals surface area contributed by atoms with E-state index in [-0.39, 0.29) is 0 Å². The maximum absolute atomic E-state index is 10.8. The SMILES string of the molecule is Cc1cc(Br)ccc1Nc1ccnc(N2CCN(C=O)CC2)n1. The molecular weight excluding hydrogens is 358 g/mol. The topological polar surface area (TPSA) is 61.4 Å². The van der Waals surface area contributed by atoms with Crippen LogP contribution in [0.3, 0.4) is 0 Å². The smallest absolute Gasteiger partial charge is 0.227 e. The summed E-state index contributed by atoms with van der Waals surface area (Å²) in [5, 5.41) is 3.33. The van der Waals surface area contributed by atoms with Crippen LogP contribution < -0.4 is 10.2 Å². The molecule has 1 saturated heterocycles. The second-order valence-corrected chi connectivity index (χ2v) is 6.37. The molecule has 1 aliphatic rings. The Balaban J connectivity index is 1.74. The molecule has 1 aromatic carbocycles. The minimum atomic E-state index is 0.690. The first-order valence-electron chi connectivity index (χ1n) is 7.46. The molecule has 1 amide bonds. The molecule has 6 nitrogen and oxygen atoms in total. The summed E-state index contributed by atoms with van der Waals surface area (Å²) in [6, 6.07) is 7.93. The second-order valence-electron chi connectivity index (χ2n) is 5.45. The zero-order chi connectivity index (χ0) is 16.2. The highest BCUT2D eigenvalue weighted by molar-refractivity contribution is 9.10. The van der Waals surface area contributed by atoms with E-state index in [2.05, 4.69) is 42.2 Å². The van der Waals surface area contributed by atoms with Gasteiger partial charge in [-0.25, -0.2) is 4.98 Å². The van der Waals surface area contributed by atoms with Crippen LogP contribution in [0.1, 0.15) is 5.56 Å². The number of benzene rings is 1. The summed E-state index contributed by atoms with van der Waals surface area (Å²) in [4.78, 5) is 23.6. The van der Waals surface area contributed by atoms with Crippen molar-refractivity contribution in [1.29, 1.82) is 0 Å². The van der Waals surface area contributed by atoms with Gasteiger partial charge in [0, 0.05) is 42.5 Å². The van der Waals surface area contributed by atoms with E-state index < -0.39 is 0 Å². The van der Waals surface area contributed by atoms with E-state index in [1.165, 1.54) is 0 Å². The largest absolute Gasteiger partial charge is 0.342 e. The lowest BCUT2D eigenvalue weighted by atomic mass is 10.2. The molecule has 1 aliphatic heterocycles. The van der Waals surface area contributed by atoms with Crippen LogP contribution in [-0.2, 0) is 4.79 Å². The van der Waals surface area contributed by atoms with Gasteiger partial charge >= 0.3 is 0 Å². The quantitative estimate of drug-likeness (QED) is 0.832. The predicted octanol–water partition coefficient (Wildman–Crippen LogP) is 2.57. The molecule has 0 atom stereocenters. The molecule has 1 fully saturated rings. The lowest BCUT2D eigenvalue weighted by Crippen LogP contribution is -2.46. The molecule has 0 spiro atoms. The number of carbonyl (C=O) groups excluding carboxylic acids is 1. The van der Waals surface area contributed by atoms with Crippen LogP contribution >= 0.6 is 15.9 Å². The van der Waals surface area contributed by atoms with Gasteiger partial charge in [-0.3, -0.25) is 4.79 Å². The van der Waals surface area contributed by atoms with E-state index in [1.807, 2.05) is 25.1 Å². The molecule has 2 heterocycles. The van der Waals surface area contributed by atoms with E-state index in [9.17, 15) is 4.79 Å². The third-order valence-electron chi connectivity index (χ3n) is 3.84. The number of hydrogen-bond acceptors (Lipinski definition) is 5. The number of aromatic nitrogens is 2. The van der Waals surface area contributed by atoms with Gasteiger partial charge in [-0.1, -0.05) is 15.9 Å². The Morgan fingerprint density at radius 3 is 2.70 bits per heavy atom. The van der Waals surface area contributed by atoms with Crippen molar-refractivity contribution in [2.24, 2.45) is 0 Å². The van der Waals surface area contributed by atoms with Crippen molar-refractivity contribution in [2.45, 2.75) is 6.92 Å². The molecule has 1 aromatic heterocycles. The number of nitrogens with zero attached hydrogens (tertiary/aromatic N) is 4. The van der Waals surface area contributed by atoms with Gasteiger partial charge < -0.3 is 15.1 Å². The number of aryl methyl sites for hydroxylation is 1. The third kappa shape index (κ3) is 3.79. The van der Waals surface area contributed by atoms with Gasteiger partial charge in [-0.2, -0.15) is 4.98 Å². The van der Waals surface area contributed by atoms with Crippen molar-refractivity contribution in [3.05, 3.63) is 40.5 Å². The van der Waals surface area contributed by atoms with Gasteiger partial charge in [-0.05, 0) is 36.8 Å². The summed E-state index contributed by atoms with van der Waals surface area (Å²) in [6.45, 7) is 4.96. The highest BCUT2D eigenvalue weighted by atomic mass is 79.9. The number of nitrogens with one attached hydrogen (secondary N) is 1. The molecule has 7 heteroatoms. The van der Waals surface area contributed by atoms with Crippen LogP contribution in [0.2, 0.25) is 0 Å². The normalized spacial score (nSPS) is 14.7. The van der Waals surface area contributed by atoms with Crippen molar-refractivity contribution in [1.82, 2.24) is 14.9 Å². The standard InChI is InChI=1S/C16H18BrN5O/c1-12-10-13(17)2-3-14(12)19-15-4-5-18-16(20-15)22-8-6-21(11-23)7-9-22/h2-5,10-11H,6-9H2,1H3,(H,18,19,20). The molecule has 23 heavy (non-hydrogen) atoms. The Bertz CT molecular complexity index is 701. The Morgan fingerprint density at radius 2 is 2.00 bits per heavy atom. The molecule has 1 N–H and O–H groups in total. The highest BCUT2D eigenvalue weighted by Gasteiger charge is 2.17. The molecule has 0 unspecified atom stereocenters. The first-order chi connectivity index (χ1) is 11.2. The minimum absolute atomic E-state index is 0.690. The van der Waals surface area contributed by atoms with Crippen molar-refractivity contribution in [3.63, 3.8) is 0 Å². The van der Waals surface area contributed by atoms with E-state index in [4.69, 9.17) is 0 Å². The van der Waals surface area contributed by atoms with Gasteiger partial charge in [0.1, 0.15) is 5.82 Å². The highest BCUT2D eigenvalue weighted by Crippen LogP contribution is 2.23. The lowest BCUT2D eigenvalue weighted by Gasteiger charge is -2.32. The monoisotopic (exact) mass is 375 g/mol. The Morgan fingerprint density at radius 1 is 1.22 bits per heavy atom. The summed E-state index contributed by atoms with van der Waals surface area (Å²) < 4.78 is 1.05. The number of carbonyl (C=O) groups is 1. The first-order valence-corrected chi connectivity index (χ1v) is 8.25. The zero-order valence-corrected chi connectivity index (χ0v) is 14.5. The van der Waals surface area contributed by atoms with Crippen molar-refractivity contribution in [3.8, 4) is 0 Å². The lowest BCUT2D eigenvalue weighted by molar-refractivity contribution is -0.118. The maximum atomic E-state index is 10.8. The van der Waals surface area contributed by atoms with E-state index in [0.717, 1.165) is 41.0 Å². The summed E-state index contributed by atoms with van der Waals surface area (Å²) in [5.74, 6) is 1.45. The summed E-state index contributed by atoms with van der Waals surface area (Å²) in [6.07, 6.45) is 2.65. The fraction of sp³-hybridized carbons (Fsp3) is 0.312. The number of rotatable bonds is 4. The molecule has 0 radical (unpaired) electrons. The zero-order valence-electron chi connectivity index (χ0n) is 12.9. The summed E-state index contributed by atoms with van der Waals surface area (Å²) in [5.41, 5.74) is 2.16. The number of halogens is 1. The van der Waals surface area contributed by atoms with E-state index >= 15 is 0 Å². The number of amides is 1. The van der Waals surface area contributed by atoms with Crippen LogP contribution in [0.25, 0.3) is 0 Å². The predicted molar refractivity (Wildman–Crippen MR) is 94.0 cm³/mol. The Hall–Kier alpha value is -2.15.